The highest BCUT2D eigenvalue weighted by molar-refractivity contribution is 7.89. The first-order chi connectivity index (χ1) is 15.8. The molecule has 2 heterocycles. The summed E-state index contributed by atoms with van der Waals surface area (Å²) in [7, 11) is -3.58. The molecule has 1 aliphatic heterocycles. The summed E-state index contributed by atoms with van der Waals surface area (Å²) >= 11 is 0. The number of hydrogen-bond donors (Lipinski definition) is 0. The Kier molecular flexibility index (Phi) is 6.00. The highest BCUT2D eigenvalue weighted by Crippen LogP contribution is 2.32. The van der Waals surface area contributed by atoms with Gasteiger partial charge in [-0.25, -0.2) is 13.1 Å². The minimum atomic E-state index is -3.58. The van der Waals surface area contributed by atoms with Gasteiger partial charge in [-0.15, -0.1) is 0 Å². The molecule has 0 spiro atoms. The lowest BCUT2D eigenvalue weighted by molar-refractivity contribution is -0.384. The van der Waals surface area contributed by atoms with Crippen molar-refractivity contribution in [3.8, 4) is 5.69 Å². The zero-order valence-corrected chi connectivity index (χ0v) is 19.0. The van der Waals surface area contributed by atoms with Gasteiger partial charge >= 0.3 is 0 Å². The number of rotatable bonds is 7. The fourth-order valence-corrected chi connectivity index (χ4v) is 5.42. The zero-order valence-electron chi connectivity index (χ0n) is 18.2. The third-order valence-corrected chi connectivity index (χ3v) is 7.71. The Labute approximate surface area is 191 Å². The normalized spacial score (nSPS) is 13.4. The van der Waals surface area contributed by atoms with E-state index in [1.165, 1.54) is 27.2 Å². The monoisotopic (exact) mass is 469 g/mol. The van der Waals surface area contributed by atoms with Crippen LogP contribution in [0.2, 0.25) is 0 Å². The van der Waals surface area contributed by atoms with E-state index in [0.29, 0.717) is 37.4 Å². The predicted molar refractivity (Wildman–Crippen MR) is 122 cm³/mol. The van der Waals surface area contributed by atoms with Crippen molar-refractivity contribution in [2.24, 2.45) is 0 Å². The molecular formula is C22H23N5O5S. The topological polar surface area (TPSA) is 119 Å². The van der Waals surface area contributed by atoms with E-state index in [2.05, 4.69) is 5.10 Å². The van der Waals surface area contributed by atoms with Crippen LogP contribution in [-0.2, 0) is 16.4 Å². The van der Waals surface area contributed by atoms with Gasteiger partial charge in [-0.1, -0.05) is 13.8 Å². The third-order valence-electron chi connectivity index (χ3n) is 5.67. The van der Waals surface area contributed by atoms with Crippen molar-refractivity contribution in [3.05, 3.63) is 76.1 Å². The van der Waals surface area contributed by atoms with Crippen LogP contribution in [0.5, 0.6) is 0 Å². The molecule has 3 aromatic rings. The molecule has 0 aliphatic carbocycles. The highest BCUT2D eigenvalue weighted by Gasteiger charge is 2.30. The number of carbonyl (C=O) groups is 1. The number of benzene rings is 2. The highest BCUT2D eigenvalue weighted by atomic mass is 32.2. The van der Waals surface area contributed by atoms with Gasteiger partial charge in [0.1, 0.15) is 0 Å². The first kappa shape index (κ1) is 22.6. The van der Waals surface area contributed by atoms with Crippen LogP contribution in [0.25, 0.3) is 5.69 Å². The second-order valence-electron chi connectivity index (χ2n) is 7.51. The van der Waals surface area contributed by atoms with Crippen LogP contribution in [-0.4, -0.2) is 53.0 Å². The molecule has 0 fully saturated rings. The maximum absolute atomic E-state index is 13.1. The number of anilines is 1. The minimum Gasteiger partial charge on any atom is -0.306 e. The molecule has 1 aromatic heterocycles. The molecule has 0 saturated carbocycles. The Morgan fingerprint density at radius 1 is 1.12 bits per heavy atom. The number of fused-ring (bicyclic) bond motifs is 1. The third kappa shape index (κ3) is 4.12. The molecule has 0 saturated heterocycles. The van der Waals surface area contributed by atoms with Gasteiger partial charge in [0.05, 0.1) is 15.5 Å². The van der Waals surface area contributed by atoms with Crippen molar-refractivity contribution in [3.63, 3.8) is 0 Å². The van der Waals surface area contributed by atoms with Crippen molar-refractivity contribution in [1.82, 2.24) is 14.1 Å². The second-order valence-corrected chi connectivity index (χ2v) is 9.44. The minimum absolute atomic E-state index is 0.0294. The Hall–Kier alpha value is -3.57. The van der Waals surface area contributed by atoms with Crippen molar-refractivity contribution in [2.75, 3.05) is 24.5 Å². The van der Waals surface area contributed by atoms with Gasteiger partial charge in [0.2, 0.25) is 10.0 Å². The lowest BCUT2D eigenvalue weighted by Crippen LogP contribution is -2.31. The summed E-state index contributed by atoms with van der Waals surface area (Å²) in [6.07, 6.45) is 2.16. The molecule has 0 N–H and O–H groups in total. The van der Waals surface area contributed by atoms with Gasteiger partial charge in [0.25, 0.3) is 11.6 Å². The summed E-state index contributed by atoms with van der Waals surface area (Å²) < 4.78 is 28.5. The van der Waals surface area contributed by atoms with E-state index in [1.54, 1.807) is 55.3 Å². The molecule has 1 amide bonds. The summed E-state index contributed by atoms with van der Waals surface area (Å²) in [5, 5.41) is 15.2. The predicted octanol–water partition coefficient (Wildman–Crippen LogP) is 3.01. The van der Waals surface area contributed by atoms with E-state index < -0.39 is 14.9 Å². The Morgan fingerprint density at radius 3 is 2.45 bits per heavy atom. The molecule has 172 valence electrons. The summed E-state index contributed by atoms with van der Waals surface area (Å²) in [5.41, 5.74) is 2.25. The van der Waals surface area contributed by atoms with Gasteiger partial charge < -0.3 is 4.90 Å². The molecule has 0 radical (unpaired) electrons. The zero-order chi connectivity index (χ0) is 23.8. The number of hydrogen-bond acceptors (Lipinski definition) is 6. The molecule has 0 bridgehead atoms. The van der Waals surface area contributed by atoms with Crippen LogP contribution in [0.3, 0.4) is 0 Å². The number of sulfonamides is 1. The van der Waals surface area contributed by atoms with E-state index in [1.807, 2.05) is 0 Å². The molecule has 2 aromatic carbocycles. The lowest BCUT2D eigenvalue weighted by Gasteiger charge is -2.20. The first-order valence-corrected chi connectivity index (χ1v) is 12.0. The van der Waals surface area contributed by atoms with Crippen molar-refractivity contribution in [1.29, 1.82) is 0 Å². The van der Waals surface area contributed by atoms with Gasteiger partial charge in [-0.05, 0) is 48.4 Å². The quantitative estimate of drug-likeness (QED) is 0.388. The largest absolute Gasteiger partial charge is 0.306 e. The smallest absolute Gasteiger partial charge is 0.278 e. The maximum Gasteiger partial charge on any atom is 0.278 e. The molecule has 1 aliphatic rings. The summed E-state index contributed by atoms with van der Waals surface area (Å²) in [4.78, 5) is 25.3. The maximum atomic E-state index is 13.1. The fraction of sp³-hybridized carbons (Fsp3) is 0.273. The van der Waals surface area contributed by atoms with Gasteiger partial charge in [0, 0.05) is 43.7 Å². The van der Waals surface area contributed by atoms with E-state index in [4.69, 9.17) is 0 Å². The van der Waals surface area contributed by atoms with Crippen LogP contribution in [0, 0.1) is 10.1 Å². The standard InChI is InChI=1S/C22H23N5O5S/c1-3-24(4-2)33(31,32)19-9-10-21-16(15-19)11-13-25(21)22(28)20-12-14-26(23-20)17-5-7-18(8-6-17)27(29)30/h5-10,12,14-15H,3-4,11,13H2,1-2H3. The van der Waals surface area contributed by atoms with E-state index in [-0.39, 0.29) is 22.2 Å². The average molecular weight is 470 g/mol. The Balaban J connectivity index is 1.57. The summed E-state index contributed by atoms with van der Waals surface area (Å²) in [6.45, 7) is 4.79. The van der Waals surface area contributed by atoms with Crippen molar-refractivity contribution >= 4 is 27.3 Å². The SMILES string of the molecule is CCN(CC)S(=O)(=O)c1ccc2c(c1)CCN2C(=O)c1ccn(-c2ccc([N+](=O)[O-])cc2)n1. The van der Waals surface area contributed by atoms with E-state index in [9.17, 15) is 23.3 Å². The molecular weight excluding hydrogens is 446 g/mol. The first-order valence-electron chi connectivity index (χ1n) is 10.5. The number of carbonyl (C=O) groups excluding carboxylic acids is 1. The molecule has 10 nitrogen and oxygen atoms in total. The number of nitro benzene ring substituents is 1. The number of nitro groups is 1. The number of non-ortho nitro benzene ring substituents is 1. The van der Waals surface area contributed by atoms with Crippen LogP contribution in [0.15, 0.2) is 59.6 Å². The summed E-state index contributed by atoms with van der Waals surface area (Å²) in [5.74, 6) is -0.297. The van der Waals surface area contributed by atoms with Crippen LogP contribution in [0.4, 0.5) is 11.4 Å². The molecule has 11 heteroatoms. The Morgan fingerprint density at radius 2 is 1.82 bits per heavy atom. The molecule has 0 unspecified atom stereocenters. The van der Waals surface area contributed by atoms with E-state index >= 15 is 0 Å². The van der Waals surface area contributed by atoms with Gasteiger partial charge in [0.15, 0.2) is 5.69 Å². The number of nitrogens with zero attached hydrogens (tertiary/aromatic N) is 5. The lowest BCUT2D eigenvalue weighted by atomic mass is 10.2. The van der Waals surface area contributed by atoms with Crippen molar-refractivity contribution in [2.45, 2.75) is 25.2 Å². The average Bonchev–Trinajstić information content (AvgIpc) is 3.46. The summed E-state index contributed by atoms with van der Waals surface area (Å²) in [6, 6.07) is 12.3. The van der Waals surface area contributed by atoms with E-state index in [0.717, 1.165) is 5.56 Å². The van der Waals surface area contributed by atoms with Crippen molar-refractivity contribution < 1.29 is 18.1 Å². The van der Waals surface area contributed by atoms with Crippen LogP contribution in [0.1, 0.15) is 29.9 Å². The Bertz CT molecular complexity index is 1310. The molecule has 4 rings (SSSR count). The second kappa shape index (κ2) is 8.75. The van der Waals surface area contributed by atoms with Gasteiger partial charge in [-0.3, -0.25) is 14.9 Å². The van der Waals surface area contributed by atoms with Crippen LogP contribution >= 0.6 is 0 Å². The molecule has 0 atom stereocenters. The molecule has 33 heavy (non-hydrogen) atoms. The van der Waals surface area contributed by atoms with Gasteiger partial charge in [-0.2, -0.15) is 9.40 Å². The number of amides is 1. The van der Waals surface area contributed by atoms with Crippen LogP contribution < -0.4 is 4.90 Å². The number of aromatic nitrogens is 2. The fourth-order valence-electron chi connectivity index (χ4n) is 3.91.